The lowest BCUT2D eigenvalue weighted by Crippen LogP contribution is -2.33. The van der Waals surface area contributed by atoms with Crippen molar-refractivity contribution in [1.29, 1.82) is 0 Å². The monoisotopic (exact) mass is 276 g/mol. The third-order valence-corrected chi connectivity index (χ3v) is 5.72. The highest BCUT2D eigenvalue weighted by molar-refractivity contribution is 5.29. The molecule has 4 rings (SSSR count). The van der Waals surface area contributed by atoms with Crippen LogP contribution in [-0.4, -0.2) is 14.7 Å². The van der Waals surface area contributed by atoms with Crippen LogP contribution >= 0.6 is 0 Å². The summed E-state index contributed by atoms with van der Waals surface area (Å²) in [6.45, 7) is 3.72. The summed E-state index contributed by atoms with van der Waals surface area (Å²) >= 11 is 0. The molecule has 0 spiro atoms. The second-order valence-electron chi connectivity index (χ2n) is 7.00. The van der Waals surface area contributed by atoms with Gasteiger partial charge in [-0.3, -0.25) is 14.3 Å². The number of nitrogens with zero attached hydrogens (tertiary/aromatic N) is 1. The Bertz CT molecular complexity index is 671. The number of aromatic nitrogens is 2. The lowest BCUT2D eigenvalue weighted by Gasteiger charge is -2.16. The van der Waals surface area contributed by atoms with Gasteiger partial charge in [0.1, 0.15) is 0 Å². The Labute approximate surface area is 116 Å². The highest BCUT2D eigenvalue weighted by atomic mass is 16.3. The van der Waals surface area contributed by atoms with E-state index in [1.807, 2.05) is 13.8 Å². The lowest BCUT2D eigenvalue weighted by molar-refractivity contribution is 0.357. The van der Waals surface area contributed by atoms with Crippen LogP contribution in [0.1, 0.15) is 50.6 Å². The molecule has 108 valence electrons. The van der Waals surface area contributed by atoms with E-state index in [1.54, 1.807) is 0 Å². The third kappa shape index (κ3) is 1.38. The molecule has 3 aliphatic carbocycles. The zero-order valence-electron chi connectivity index (χ0n) is 11.8. The van der Waals surface area contributed by atoms with Crippen molar-refractivity contribution in [2.75, 3.05) is 0 Å². The maximum atomic E-state index is 12.1. The van der Waals surface area contributed by atoms with Crippen LogP contribution in [-0.2, 0) is 0 Å². The predicted octanol–water partition coefficient (Wildman–Crippen LogP) is 1.58. The summed E-state index contributed by atoms with van der Waals surface area (Å²) in [6, 6.07) is 0.114. The van der Waals surface area contributed by atoms with Crippen molar-refractivity contribution in [1.82, 2.24) is 9.55 Å². The summed E-state index contributed by atoms with van der Waals surface area (Å²) in [7, 11) is 0. The van der Waals surface area contributed by atoms with Gasteiger partial charge in [0.2, 0.25) is 5.88 Å². The second-order valence-corrected chi connectivity index (χ2v) is 7.00. The van der Waals surface area contributed by atoms with E-state index in [9.17, 15) is 14.7 Å². The number of H-pyrrole nitrogens is 1. The summed E-state index contributed by atoms with van der Waals surface area (Å²) in [5.41, 5.74) is -0.565. The number of aromatic amines is 1. The molecule has 4 unspecified atom stereocenters. The molecule has 0 aliphatic heterocycles. The van der Waals surface area contributed by atoms with Crippen molar-refractivity contribution >= 4 is 0 Å². The zero-order chi connectivity index (χ0) is 14.2. The minimum absolute atomic E-state index is 0.0964. The van der Waals surface area contributed by atoms with E-state index in [-0.39, 0.29) is 17.8 Å². The van der Waals surface area contributed by atoms with E-state index < -0.39 is 11.2 Å². The highest BCUT2D eigenvalue weighted by Crippen LogP contribution is 2.71. The third-order valence-electron chi connectivity index (χ3n) is 5.72. The van der Waals surface area contributed by atoms with Gasteiger partial charge >= 0.3 is 5.69 Å². The Hall–Kier alpha value is -1.52. The van der Waals surface area contributed by atoms with Gasteiger partial charge in [-0.15, -0.1) is 0 Å². The molecule has 1 aromatic heterocycles. The molecule has 4 atom stereocenters. The van der Waals surface area contributed by atoms with Crippen LogP contribution in [0.4, 0.5) is 0 Å². The normalized spacial score (nSPS) is 37.5. The topological polar surface area (TPSA) is 75.1 Å². The van der Waals surface area contributed by atoms with Crippen LogP contribution in [0.25, 0.3) is 0 Å². The van der Waals surface area contributed by atoms with Crippen molar-refractivity contribution < 1.29 is 5.11 Å². The van der Waals surface area contributed by atoms with Gasteiger partial charge in [-0.2, -0.15) is 0 Å². The van der Waals surface area contributed by atoms with Gasteiger partial charge in [-0.05, 0) is 48.9 Å². The highest BCUT2D eigenvalue weighted by Gasteiger charge is 2.66. The number of nitrogens with one attached hydrogen (secondary N) is 1. The molecule has 0 aromatic carbocycles. The number of rotatable bonds is 2. The van der Waals surface area contributed by atoms with Gasteiger partial charge < -0.3 is 5.11 Å². The first kappa shape index (κ1) is 12.2. The molecule has 0 saturated heterocycles. The Morgan fingerprint density at radius 2 is 1.80 bits per heavy atom. The van der Waals surface area contributed by atoms with Gasteiger partial charge in [0, 0.05) is 6.04 Å². The van der Waals surface area contributed by atoms with E-state index in [1.165, 1.54) is 23.8 Å². The molecule has 1 heterocycles. The van der Waals surface area contributed by atoms with Crippen molar-refractivity contribution in [3.63, 3.8) is 0 Å². The van der Waals surface area contributed by atoms with E-state index >= 15 is 0 Å². The summed E-state index contributed by atoms with van der Waals surface area (Å²) < 4.78 is 1.47. The van der Waals surface area contributed by atoms with Gasteiger partial charge in [0.25, 0.3) is 5.56 Å². The van der Waals surface area contributed by atoms with Crippen LogP contribution in [0.3, 0.4) is 0 Å². The first-order chi connectivity index (χ1) is 9.50. The summed E-state index contributed by atoms with van der Waals surface area (Å²) in [5.74, 6) is 2.33. The Morgan fingerprint density at radius 3 is 2.35 bits per heavy atom. The first-order valence-electron chi connectivity index (χ1n) is 7.58. The molecule has 5 nitrogen and oxygen atoms in total. The Morgan fingerprint density at radius 1 is 1.20 bits per heavy atom. The number of hydrogen-bond acceptors (Lipinski definition) is 3. The fourth-order valence-corrected chi connectivity index (χ4v) is 4.97. The van der Waals surface area contributed by atoms with E-state index in [0.717, 1.165) is 11.8 Å². The van der Waals surface area contributed by atoms with Gasteiger partial charge in [0.05, 0.1) is 5.56 Å². The molecule has 2 N–H and O–H groups in total. The van der Waals surface area contributed by atoms with E-state index in [4.69, 9.17) is 0 Å². The van der Waals surface area contributed by atoms with Crippen LogP contribution in [0.2, 0.25) is 0 Å². The molecule has 3 fully saturated rings. The maximum Gasteiger partial charge on any atom is 0.331 e. The van der Waals surface area contributed by atoms with Crippen molar-refractivity contribution in [3.8, 4) is 5.88 Å². The Balaban J connectivity index is 1.82. The molecule has 1 aromatic rings. The fourth-order valence-electron chi connectivity index (χ4n) is 4.97. The molecule has 0 radical (unpaired) electrons. The first-order valence-corrected chi connectivity index (χ1v) is 7.58. The molecule has 3 saturated carbocycles. The van der Waals surface area contributed by atoms with Crippen molar-refractivity contribution in [3.05, 3.63) is 26.4 Å². The average Bonchev–Trinajstić information content (AvgIpc) is 2.78. The minimum Gasteiger partial charge on any atom is -0.494 e. The summed E-state index contributed by atoms with van der Waals surface area (Å²) in [5, 5.41) is 10.4. The maximum absolute atomic E-state index is 12.1. The molecule has 20 heavy (non-hydrogen) atoms. The summed E-state index contributed by atoms with van der Waals surface area (Å²) in [4.78, 5) is 26.4. The molecule has 3 aliphatic rings. The molecular weight excluding hydrogens is 256 g/mol. The largest absolute Gasteiger partial charge is 0.494 e. The van der Waals surface area contributed by atoms with Crippen molar-refractivity contribution in [2.45, 2.75) is 45.1 Å². The predicted molar refractivity (Wildman–Crippen MR) is 73.9 cm³/mol. The van der Waals surface area contributed by atoms with Crippen molar-refractivity contribution in [2.24, 2.45) is 23.7 Å². The van der Waals surface area contributed by atoms with E-state index in [2.05, 4.69) is 4.98 Å². The Kier molecular flexibility index (Phi) is 2.31. The fraction of sp³-hybridized carbons (Fsp3) is 0.733. The molecule has 0 amide bonds. The van der Waals surface area contributed by atoms with Crippen LogP contribution < -0.4 is 11.2 Å². The van der Waals surface area contributed by atoms with E-state index in [0.29, 0.717) is 17.4 Å². The van der Waals surface area contributed by atoms with Crippen LogP contribution in [0.15, 0.2) is 9.59 Å². The smallest absolute Gasteiger partial charge is 0.331 e. The lowest BCUT2D eigenvalue weighted by atomic mass is 10.0. The van der Waals surface area contributed by atoms with Gasteiger partial charge in [0.15, 0.2) is 0 Å². The minimum atomic E-state index is -0.451. The number of fused-ring (bicyclic) bond motifs is 5. The zero-order valence-corrected chi connectivity index (χ0v) is 11.8. The average molecular weight is 276 g/mol. The van der Waals surface area contributed by atoms with Crippen LogP contribution in [0.5, 0.6) is 5.88 Å². The van der Waals surface area contributed by atoms with Crippen LogP contribution in [0, 0.1) is 23.7 Å². The second kappa shape index (κ2) is 3.77. The SMILES string of the molecule is CC(C)c1c(O)n(C2C3C4CCC(C4)C32)c(=O)[nH]c1=O. The molecule has 2 bridgehead atoms. The number of aromatic hydroxyl groups is 1. The quantitative estimate of drug-likeness (QED) is 0.861. The van der Waals surface area contributed by atoms with Gasteiger partial charge in [-0.25, -0.2) is 4.79 Å². The molecule has 5 heteroatoms. The number of hydrogen-bond donors (Lipinski definition) is 2. The summed E-state index contributed by atoms with van der Waals surface area (Å²) in [6.07, 6.45) is 3.82. The van der Waals surface area contributed by atoms with Gasteiger partial charge in [-0.1, -0.05) is 13.8 Å². The molecular formula is C15H20N2O3. The standard InChI is InChI=1S/C15H20N2O3/c1-6(2)9-13(18)16-15(20)17(14(9)19)12-10-7-3-4-8(5-7)11(10)12/h6-8,10-12,19H,3-5H2,1-2H3,(H,16,18,20).